The maximum atomic E-state index is 13.1. The lowest BCUT2D eigenvalue weighted by Gasteiger charge is -2.17. The Morgan fingerprint density at radius 3 is 2.40 bits per heavy atom. The van der Waals surface area contributed by atoms with Crippen LogP contribution in [0.4, 0.5) is 17.6 Å². The van der Waals surface area contributed by atoms with Crippen LogP contribution in [0.25, 0.3) is 0 Å². The molecule has 0 aliphatic heterocycles. The van der Waals surface area contributed by atoms with Crippen LogP contribution in [0.5, 0.6) is 0 Å². The van der Waals surface area contributed by atoms with E-state index in [0.29, 0.717) is 0 Å². The Morgan fingerprint density at radius 1 is 1.33 bits per heavy atom. The molecule has 2 nitrogen and oxygen atoms in total. The van der Waals surface area contributed by atoms with Crippen molar-refractivity contribution in [2.24, 2.45) is 5.73 Å². The molecule has 0 bridgehead atoms. The quantitative estimate of drug-likeness (QED) is 0.751. The van der Waals surface area contributed by atoms with Crippen LogP contribution < -0.4 is 5.73 Å². The van der Waals surface area contributed by atoms with Gasteiger partial charge in [0.1, 0.15) is 5.82 Å². The first-order valence-corrected chi connectivity index (χ1v) is 4.10. The fourth-order valence-corrected chi connectivity index (χ4v) is 1.25. The molecule has 0 heterocycles. The number of benzene rings is 1. The van der Waals surface area contributed by atoms with E-state index in [1.165, 1.54) is 0 Å². The monoisotopic (exact) mass is 223 g/mol. The van der Waals surface area contributed by atoms with Gasteiger partial charge in [-0.1, -0.05) is 6.07 Å². The lowest BCUT2D eigenvalue weighted by atomic mass is 10.0. The summed E-state index contributed by atoms with van der Waals surface area (Å²) in [5.74, 6) is -1.06. The summed E-state index contributed by atoms with van der Waals surface area (Å²) in [6.45, 7) is -0.746. The van der Waals surface area contributed by atoms with Crippen molar-refractivity contribution < 1.29 is 22.7 Å². The Kier molecular flexibility index (Phi) is 3.31. The zero-order chi connectivity index (χ0) is 11.6. The third kappa shape index (κ3) is 2.45. The summed E-state index contributed by atoms with van der Waals surface area (Å²) in [5, 5.41) is 8.64. The van der Waals surface area contributed by atoms with Gasteiger partial charge in [-0.2, -0.15) is 13.2 Å². The second kappa shape index (κ2) is 4.16. The Bertz CT molecular complexity index is 350. The van der Waals surface area contributed by atoms with E-state index in [1.54, 1.807) is 0 Å². The van der Waals surface area contributed by atoms with Crippen LogP contribution in [-0.2, 0) is 6.18 Å². The number of aliphatic hydroxyl groups is 1. The van der Waals surface area contributed by atoms with E-state index in [1.807, 2.05) is 0 Å². The molecule has 0 spiro atoms. The van der Waals surface area contributed by atoms with Crippen LogP contribution in [0.2, 0.25) is 0 Å². The largest absolute Gasteiger partial charge is 0.416 e. The van der Waals surface area contributed by atoms with E-state index in [0.717, 1.165) is 18.2 Å². The van der Waals surface area contributed by atoms with Crippen molar-refractivity contribution in [2.75, 3.05) is 6.61 Å². The first kappa shape index (κ1) is 11.9. The maximum absolute atomic E-state index is 13.1. The Hall–Kier alpha value is -1.14. The van der Waals surface area contributed by atoms with Gasteiger partial charge in [-0.3, -0.25) is 0 Å². The topological polar surface area (TPSA) is 46.2 Å². The van der Waals surface area contributed by atoms with Crippen molar-refractivity contribution in [3.05, 3.63) is 35.1 Å². The standard InChI is InChI=1S/C9H9F4NO/c10-6-3-1-2-5(9(11,12)13)8(6)7(14)4-15/h1-3,7,15H,4,14H2. The molecule has 84 valence electrons. The maximum Gasteiger partial charge on any atom is 0.416 e. The molecule has 0 aromatic heterocycles. The fraction of sp³-hybridized carbons (Fsp3) is 0.333. The summed E-state index contributed by atoms with van der Waals surface area (Å²) >= 11 is 0. The second-order valence-corrected chi connectivity index (χ2v) is 2.99. The van der Waals surface area contributed by atoms with Gasteiger partial charge in [0.05, 0.1) is 18.2 Å². The van der Waals surface area contributed by atoms with Gasteiger partial charge in [0.2, 0.25) is 0 Å². The number of rotatable bonds is 2. The van der Waals surface area contributed by atoms with Gasteiger partial charge in [-0.05, 0) is 12.1 Å². The summed E-state index contributed by atoms with van der Waals surface area (Å²) in [4.78, 5) is 0. The average molecular weight is 223 g/mol. The lowest BCUT2D eigenvalue weighted by molar-refractivity contribution is -0.138. The molecule has 0 amide bonds. The minimum absolute atomic E-state index is 0.701. The van der Waals surface area contributed by atoms with Crippen molar-refractivity contribution in [3.63, 3.8) is 0 Å². The molecule has 0 saturated heterocycles. The molecule has 3 N–H and O–H groups in total. The van der Waals surface area contributed by atoms with Crippen molar-refractivity contribution in [3.8, 4) is 0 Å². The molecule has 1 rings (SSSR count). The zero-order valence-corrected chi connectivity index (χ0v) is 7.55. The highest BCUT2D eigenvalue weighted by molar-refractivity contribution is 5.33. The molecule has 1 aromatic rings. The van der Waals surface area contributed by atoms with E-state index in [4.69, 9.17) is 10.8 Å². The van der Waals surface area contributed by atoms with Gasteiger partial charge in [0, 0.05) is 5.56 Å². The molecule has 0 radical (unpaired) electrons. The number of alkyl halides is 3. The highest BCUT2D eigenvalue weighted by atomic mass is 19.4. The van der Waals surface area contributed by atoms with Crippen LogP contribution >= 0.6 is 0 Å². The fourth-order valence-electron chi connectivity index (χ4n) is 1.25. The van der Waals surface area contributed by atoms with Gasteiger partial charge in [-0.15, -0.1) is 0 Å². The molecule has 0 aliphatic carbocycles. The van der Waals surface area contributed by atoms with Crippen molar-refractivity contribution >= 4 is 0 Å². The van der Waals surface area contributed by atoms with Crippen molar-refractivity contribution in [1.29, 1.82) is 0 Å². The lowest BCUT2D eigenvalue weighted by Crippen LogP contribution is -2.21. The van der Waals surface area contributed by atoms with Gasteiger partial charge in [0.15, 0.2) is 0 Å². The summed E-state index contributed by atoms with van der Waals surface area (Å²) in [6.07, 6.45) is -4.68. The second-order valence-electron chi connectivity index (χ2n) is 2.99. The van der Waals surface area contributed by atoms with Gasteiger partial charge < -0.3 is 10.8 Å². The number of halogens is 4. The van der Waals surface area contributed by atoms with E-state index >= 15 is 0 Å². The first-order valence-electron chi connectivity index (χ1n) is 4.10. The summed E-state index contributed by atoms with van der Waals surface area (Å²) in [7, 11) is 0. The molecule has 6 heteroatoms. The number of hydrogen-bond donors (Lipinski definition) is 2. The number of hydrogen-bond acceptors (Lipinski definition) is 2. The van der Waals surface area contributed by atoms with Crippen molar-refractivity contribution in [2.45, 2.75) is 12.2 Å². The predicted molar refractivity (Wildman–Crippen MR) is 45.4 cm³/mol. The summed E-state index contributed by atoms with van der Waals surface area (Å²) in [6, 6.07) is 1.18. The zero-order valence-electron chi connectivity index (χ0n) is 7.55. The third-order valence-corrected chi connectivity index (χ3v) is 1.93. The summed E-state index contributed by atoms with van der Waals surface area (Å²) < 4.78 is 50.4. The van der Waals surface area contributed by atoms with Gasteiger partial charge in [-0.25, -0.2) is 4.39 Å². The Balaban J connectivity index is 3.33. The predicted octanol–water partition coefficient (Wildman–Crippen LogP) is 1.84. The van der Waals surface area contributed by atoms with E-state index < -0.39 is 35.8 Å². The summed E-state index contributed by atoms with van der Waals surface area (Å²) in [5.41, 5.74) is 3.35. The molecule has 0 fully saturated rings. The van der Waals surface area contributed by atoms with Crippen LogP contribution in [0.3, 0.4) is 0 Å². The number of nitrogens with two attached hydrogens (primary N) is 1. The molecule has 15 heavy (non-hydrogen) atoms. The van der Waals surface area contributed by atoms with Gasteiger partial charge in [0.25, 0.3) is 0 Å². The normalized spacial score (nSPS) is 14.0. The smallest absolute Gasteiger partial charge is 0.394 e. The molecule has 0 saturated carbocycles. The minimum atomic E-state index is -4.68. The Morgan fingerprint density at radius 2 is 1.93 bits per heavy atom. The number of aliphatic hydroxyl groups excluding tert-OH is 1. The minimum Gasteiger partial charge on any atom is -0.394 e. The van der Waals surface area contributed by atoms with Gasteiger partial charge >= 0.3 is 6.18 Å². The van der Waals surface area contributed by atoms with Crippen molar-refractivity contribution in [1.82, 2.24) is 0 Å². The highest BCUT2D eigenvalue weighted by Gasteiger charge is 2.35. The van der Waals surface area contributed by atoms with E-state index in [2.05, 4.69) is 0 Å². The van der Waals surface area contributed by atoms with Crippen LogP contribution in [-0.4, -0.2) is 11.7 Å². The molecule has 0 aliphatic rings. The van der Waals surface area contributed by atoms with Crippen LogP contribution in [0.1, 0.15) is 17.2 Å². The van der Waals surface area contributed by atoms with E-state index in [-0.39, 0.29) is 0 Å². The molecule has 1 unspecified atom stereocenters. The molecular formula is C9H9F4NO. The molecular weight excluding hydrogens is 214 g/mol. The first-order chi connectivity index (χ1) is 6.88. The van der Waals surface area contributed by atoms with E-state index in [9.17, 15) is 17.6 Å². The molecule has 1 aromatic carbocycles. The average Bonchev–Trinajstić information content (AvgIpc) is 2.15. The molecule has 1 atom stereocenters. The van der Waals surface area contributed by atoms with Crippen LogP contribution in [0, 0.1) is 5.82 Å². The van der Waals surface area contributed by atoms with Crippen LogP contribution in [0.15, 0.2) is 18.2 Å². The Labute approximate surface area is 83.3 Å². The SMILES string of the molecule is NC(CO)c1c(F)cccc1C(F)(F)F. The third-order valence-electron chi connectivity index (χ3n) is 1.93. The highest BCUT2D eigenvalue weighted by Crippen LogP contribution is 2.35.